The lowest BCUT2D eigenvalue weighted by Gasteiger charge is -2.32. The number of aliphatic imine (C=N–C) groups is 1. The average molecular weight is 499 g/mol. The highest BCUT2D eigenvalue weighted by Gasteiger charge is 2.25. The van der Waals surface area contributed by atoms with E-state index < -0.39 is 5.82 Å². The van der Waals surface area contributed by atoms with Crippen LogP contribution in [0.25, 0.3) is 5.57 Å². The Hall–Kier alpha value is -4.26. The molecular weight excluding hydrogens is 467 g/mol. The van der Waals surface area contributed by atoms with Gasteiger partial charge in [-0.3, -0.25) is 14.6 Å². The highest BCUT2D eigenvalue weighted by atomic mass is 19.1. The zero-order valence-electron chi connectivity index (χ0n) is 21.1. The number of piperidine rings is 1. The molecule has 4 rings (SSSR count). The number of hydrogen-bond acceptors (Lipinski definition) is 4. The number of nitrogens with zero attached hydrogens (tertiary/aromatic N) is 2. The summed E-state index contributed by atoms with van der Waals surface area (Å²) >= 11 is 0. The van der Waals surface area contributed by atoms with Gasteiger partial charge in [0.15, 0.2) is 0 Å². The second-order valence-corrected chi connectivity index (χ2v) is 9.19. The Morgan fingerprint density at radius 3 is 2.22 bits per heavy atom. The molecule has 1 aliphatic rings. The molecule has 1 heterocycles. The van der Waals surface area contributed by atoms with Crippen molar-refractivity contribution in [2.24, 2.45) is 10.7 Å². The summed E-state index contributed by atoms with van der Waals surface area (Å²) < 4.78 is 13.2. The third-order valence-electron chi connectivity index (χ3n) is 6.78. The number of nitrogens with two attached hydrogens (primary N) is 1. The Morgan fingerprint density at radius 1 is 0.973 bits per heavy atom. The third kappa shape index (κ3) is 6.12. The summed E-state index contributed by atoms with van der Waals surface area (Å²) in [5.41, 5.74) is 11.1. The van der Waals surface area contributed by atoms with Crippen LogP contribution in [0.4, 0.5) is 10.1 Å². The van der Waals surface area contributed by atoms with Gasteiger partial charge in [-0.1, -0.05) is 30.3 Å². The molecule has 37 heavy (non-hydrogen) atoms. The fourth-order valence-corrected chi connectivity index (χ4v) is 4.58. The van der Waals surface area contributed by atoms with Crippen LogP contribution in [0.1, 0.15) is 56.2 Å². The van der Waals surface area contributed by atoms with Crippen molar-refractivity contribution in [3.05, 3.63) is 107 Å². The van der Waals surface area contributed by atoms with E-state index in [-0.39, 0.29) is 11.8 Å². The monoisotopic (exact) mass is 498 g/mol. The number of carbonyl (C=O) groups excluding carboxylic acids is 2. The molecule has 0 aromatic heterocycles. The quantitative estimate of drug-likeness (QED) is 0.446. The Bertz CT molecular complexity index is 1320. The summed E-state index contributed by atoms with van der Waals surface area (Å²) in [5, 5.41) is 2.85. The maximum absolute atomic E-state index is 13.3. The van der Waals surface area contributed by atoms with Crippen LogP contribution < -0.4 is 11.1 Å². The van der Waals surface area contributed by atoms with Crippen LogP contribution in [-0.2, 0) is 0 Å². The molecule has 0 aliphatic carbocycles. The first-order chi connectivity index (χ1) is 17.9. The second-order valence-electron chi connectivity index (χ2n) is 9.19. The molecule has 3 aromatic rings. The van der Waals surface area contributed by atoms with E-state index in [1.807, 2.05) is 17.9 Å². The molecule has 6 nitrogen and oxygen atoms in total. The molecule has 1 fully saturated rings. The lowest BCUT2D eigenvalue weighted by atomic mass is 9.88. The molecule has 190 valence electrons. The van der Waals surface area contributed by atoms with Crippen molar-refractivity contribution in [3.63, 3.8) is 0 Å². The molecule has 3 N–H and O–H groups in total. The Kier molecular flexibility index (Phi) is 8.13. The highest BCUT2D eigenvalue weighted by molar-refractivity contribution is 6.09. The molecule has 1 saturated heterocycles. The predicted octanol–water partition coefficient (Wildman–Crippen LogP) is 5.41. The van der Waals surface area contributed by atoms with Crippen LogP contribution in [0, 0.1) is 12.7 Å². The van der Waals surface area contributed by atoms with E-state index in [0.717, 1.165) is 29.5 Å². The summed E-state index contributed by atoms with van der Waals surface area (Å²) in [6.07, 6.45) is 5.04. The zero-order valence-corrected chi connectivity index (χ0v) is 21.1. The van der Waals surface area contributed by atoms with Crippen molar-refractivity contribution >= 4 is 29.3 Å². The van der Waals surface area contributed by atoms with Gasteiger partial charge < -0.3 is 16.0 Å². The molecule has 2 amide bonds. The SMILES string of the molecule is CN=CC(=CN)c1ccc(C2CCN(C(=O)c3ccc(C)c(NC(=O)c4ccc(F)cc4)c3)CC2)cc1. The van der Waals surface area contributed by atoms with Crippen LogP contribution in [0.2, 0.25) is 0 Å². The summed E-state index contributed by atoms with van der Waals surface area (Å²) in [7, 11) is 1.72. The Morgan fingerprint density at radius 2 is 1.59 bits per heavy atom. The number of carbonyl (C=O) groups is 2. The maximum atomic E-state index is 13.3. The summed E-state index contributed by atoms with van der Waals surface area (Å²) in [6.45, 7) is 3.19. The van der Waals surface area contributed by atoms with Crippen LogP contribution in [-0.4, -0.2) is 43.1 Å². The number of halogens is 1. The molecule has 7 heteroatoms. The molecule has 0 unspecified atom stereocenters. The predicted molar refractivity (Wildman–Crippen MR) is 146 cm³/mol. The van der Waals surface area contributed by atoms with E-state index >= 15 is 0 Å². The van der Waals surface area contributed by atoms with E-state index in [4.69, 9.17) is 5.73 Å². The largest absolute Gasteiger partial charge is 0.404 e. The van der Waals surface area contributed by atoms with Crippen molar-refractivity contribution in [3.8, 4) is 0 Å². The molecule has 1 aliphatic heterocycles. The Labute approximate surface area is 216 Å². The number of hydrogen-bond donors (Lipinski definition) is 2. The van der Waals surface area contributed by atoms with E-state index in [2.05, 4.69) is 34.6 Å². The molecule has 0 atom stereocenters. The number of nitrogens with one attached hydrogen (secondary N) is 1. The summed E-state index contributed by atoms with van der Waals surface area (Å²) in [5.74, 6) is -0.425. The van der Waals surface area contributed by atoms with Crippen molar-refractivity contribution in [1.29, 1.82) is 0 Å². The van der Waals surface area contributed by atoms with Crippen molar-refractivity contribution in [1.82, 2.24) is 4.90 Å². The molecule has 0 saturated carbocycles. The van der Waals surface area contributed by atoms with Crippen LogP contribution in [0.3, 0.4) is 0 Å². The number of allylic oxidation sites excluding steroid dienone is 1. The van der Waals surface area contributed by atoms with Gasteiger partial charge in [-0.15, -0.1) is 0 Å². The normalized spacial score (nSPS) is 14.7. The van der Waals surface area contributed by atoms with E-state index in [1.54, 1.807) is 31.6 Å². The van der Waals surface area contributed by atoms with Crippen molar-refractivity contribution in [2.45, 2.75) is 25.7 Å². The first kappa shape index (κ1) is 25.8. The van der Waals surface area contributed by atoms with E-state index in [9.17, 15) is 14.0 Å². The minimum absolute atomic E-state index is 0.0531. The standard InChI is InChI=1S/C30H31FN4O2/c1-20-3-4-25(17-28(20)34-29(36)24-9-11-27(31)12-10-24)30(37)35-15-13-23(14-16-35)21-5-7-22(8-6-21)26(18-32)19-33-2/h3-12,17-19,23H,13-16,32H2,1-2H3,(H,34,36). The molecular formula is C30H31FN4O2. The number of aryl methyl sites for hydroxylation is 1. The van der Waals surface area contributed by atoms with Gasteiger partial charge in [-0.25, -0.2) is 4.39 Å². The maximum Gasteiger partial charge on any atom is 0.255 e. The smallest absolute Gasteiger partial charge is 0.255 e. The van der Waals surface area contributed by atoms with Crippen molar-refractivity contribution in [2.75, 3.05) is 25.5 Å². The van der Waals surface area contributed by atoms with Gasteiger partial charge in [-0.2, -0.15) is 0 Å². The second kappa shape index (κ2) is 11.6. The van der Waals surface area contributed by atoms with Gasteiger partial charge in [0.05, 0.1) is 0 Å². The van der Waals surface area contributed by atoms with Gasteiger partial charge >= 0.3 is 0 Å². The van der Waals surface area contributed by atoms with Crippen molar-refractivity contribution < 1.29 is 14.0 Å². The molecule has 0 bridgehead atoms. The minimum Gasteiger partial charge on any atom is -0.404 e. The van der Waals surface area contributed by atoms with Crippen LogP contribution >= 0.6 is 0 Å². The van der Waals surface area contributed by atoms with Gasteiger partial charge in [0.1, 0.15) is 5.82 Å². The van der Waals surface area contributed by atoms with E-state index in [0.29, 0.717) is 35.8 Å². The minimum atomic E-state index is -0.402. The summed E-state index contributed by atoms with van der Waals surface area (Å²) in [6, 6.07) is 19.0. The molecule has 0 spiro atoms. The third-order valence-corrected chi connectivity index (χ3v) is 6.78. The number of amides is 2. The first-order valence-electron chi connectivity index (χ1n) is 12.3. The number of anilines is 1. The highest BCUT2D eigenvalue weighted by Crippen LogP contribution is 2.30. The van der Waals surface area contributed by atoms with Gasteiger partial charge in [-0.05, 0) is 78.8 Å². The summed E-state index contributed by atoms with van der Waals surface area (Å²) in [4.78, 5) is 31.8. The lowest BCUT2D eigenvalue weighted by Crippen LogP contribution is -2.38. The molecule has 3 aromatic carbocycles. The zero-order chi connectivity index (χ0) is 26.4. The van der Waals surface area contributed by atoms with Gasteiger partial charge in [0.2, 0.25) is 0 Å². The fourth-order valence-electron chi connectivity index (χ4n) is 4.58. The first-order valence-corrected chi connectivity index (χ1v) is 12.3. The van der Waals surface area contributed by atoms with E-state index in [1.165, 1.54) is 29.8 Å². The topological polar surface area (TPSA) is 87.8 Å². The molecule has 0 radical (unpaired) electrons. The number of benzene rings is 3. The average Bonchev–Trinajstić information content (AvgIpc) is 2.93. The number of rotatable bonds is 6. The van der Waals surface area contributed by atoms with Gasteiger partial charge in [0.25, 0.3) is 11.8 Å². The Balaban J connectivity index is 1.39. The van der Waals surface area contributed by atoms with Crippen LogP contribution in [0.5, 0.6) is 0 Å². The van der Waals surface area contributed by atoms with Crippen LogP contribution in [0.15, 0.2) is 77.9 Å². The van der Waals surface area contributed by atoms with Gasteiger partial charge in [0, 0.05) is 54.9 Å². The fraction of sp³-hybridized carbons (Fsp3) is 0.233. The number of likely N-dealkylation sites (tertiary alicyclic amines) is 1. The lowest BCUT2D eigenvalue weighted by molar-refractivity contribution is 0.0712.